The van der Waals surface area contributed by atoms with Crippen molar-refractivity contribution in [1.29, 1.82) is 0 Å². The number of hydrogen-bond acceptors (Lipinski definition) is 11. The normalized spacial score (nSPS) is 17.6. The van der Waals surface area contributed by atoms with Crippen molar-refractivity contribution in [3.05, 3.63) is 148 Å². The number of likely N-dealkylation sites (N-methyl/N-ethyl adjacent to an activating group) is 3. The highest BCUT2D eigenvalue weighted by atomic mass is 32.1. The number of para-hydroxylation sites is 1. The van der Waals surface area contributed by atoms with E-state index in [1.54, 1.807) is 63.7 Å². The predicted molar refractivity (Wildman–Crippen MR) is 254 cm³/mol. The van der Waals surface area contributed by atoms with Crippen LogP contribution in [0.4, 0.5) is 0 Å². The number of nitrogens with zero attached hydrogens (tertiary/aromatic N) is 4. The minimum Gasteiger partial charge on any atom is -0.496 e. The molecule has 0 aliphatic carbocycles. The SMILES string of the molecule is CCN1C(=O)/C(=C/C=C/c2cccnc2)C(=O)NC1=S.CCN1C(=O)/C(=C\C=C\c2ccccc2C)C(=O)NC1=S.CCN1C(=O)/C(=C\C=C\c2ccccc2OC)C(=O)NC1=S. The molecular formula is C46H45N7O7S3. The van der Waals surface area contributed by atoms with E-state index >= 15 is 0 Å². The smallest absolute Gasteiger partial charge is 0.265 e. The molecule has 0 saturated carbocycles. The summed E-state index contributed by atoms with van der Waals surface area (Å²) >= 11 is 14.9. The number of ether oxygens (including phenoxy) is 1. The van der Waals surface area contributed by atoms with E-state index in [9.17, 15) is 28.8 Å². The Labute approximate surface area is 381 Å². The van der Waals surface area contributed by atoms with Crippen molar-refractivity contribution in [3.8, 4) is 5.75 Å². The van der Waals surface area contributed by atoms with E-state index in [0.29, 0.717) is 25.4 Å². The van der Waals surface area contributed by atoms with Gasteiger partial charge in [0.1, 0.15) is 22.5 Å². The summed E-state index contributed by atoms with van der Waals surface area (Å²) in [6.07, 6.45) is 18.2. The molecule has 0 atom stereocenters. The van der Waals surface area contributed by atoms with Crippen LogP contribution in [-0.4, -0.2) is 97.2 Å². The number of methoxy groups -OCH3 is 1. The number of aromatic nitrogens is 1. The van der Waals surface area contributed by atoms with Crippen LogP contribution in [0, 0.1) is 6.92 Å². The molecule has 0 spiro atoms. The Morgan fingerprint density at radius 1 is 0.571 bits per heavy atom. The standard InChI is InChI=1S/C16H16N2O3S.C16H16N2O2S.C14H13N3O2S/c1-3-18-15(20)12(14(19)17-16(18)22)9-6-8-11-7-4-5-10-13(11)21-2;1-3-18-15(20)13(14(19)17-16(18)21)10-6-9-12-8-5-4-7-11(12)2;1-2-17-13(19)11(12(18)16-14(17)20)7-3-5-10-6-4-8-15-9-10/h4-10H,3H2,1-2H3,(H,17,19,22);4-10H,3H2,1-2H3,(H,17,19,21);3-9H,2H2,1H3,(H,16,18,20)/b8-6+,12-9-;9-6+,13-10-;5-3+,11-7+. The van der Waals surface area contributed by atoms with Gasteiger partial charge in [-0.15, -0.1) is 0 Å². The molecule has 6 rings (SSSR count). The second-order valence-corrected chi connectivity index (χ2v) is 14.3. The summed E-state index contributed by atoms with van der Waals surface area (Å²) < 4.78 is 5.24. The summed E-state index contributed by atoms with van der Waals surface area (Å²) in [7, 11) is 1.59. The van der Waals surface area contributed by atoms with Crippen LogP contribution in [0.5, 0.6) is 5.75 Å². The largest absolute Gasteiger partial charge is 0.496 e. The van der Waals surface area contributed by atoms with E-state index in [1.165, 1.54) is 32.9 Å². The second-order valence-electron chi connectivity index (χ2n) is 13.1. The Morgan fingerprint density at radius 2 is 0.984 bits per heavy atom. The van der Waals surface area contributed by atoms with Gasteiger partial charge in [0.2, 0.25) is 0 Å². The molecule has 3 aromatic rings. The van der Waals surface area contributed by atoms with E-state index in [2.05, 4.69) is 20.9 Å². The summed E-state index contributed by atoms with van der Waals surface area (Å²) in [6, 6.07) is 19.0. The number of thiocarbonyl (C=S) groups is 3. The van der Waals surface area contributed by atoms with Crippen LogP contribution >= 0.6 is 36.7 Å². The van der Waals surface area contributed by atoms with Gasteiger partial charge in [-0.05, 0) is 111 Å². The van der Waals surface area contributed by atoms with Crippen LogP contribution in [0.15, 0.2) is 126 Å². The third kappa shape index (κ3) is 13.0. The highest BCUT2D eigenvalue weighted by molar-refractivity contribution is 7.80. The highest BCUT2D eigenvalue weighted by Gasteiger charge is 2.33. The lowest BCUT2D eigenvalue weighted by atomic mass is 10.1. The van der Waals surface area contributed by atoms with E-state index < -0.39 is 17.7 Å². The van der Waals surface area contributed by atoms with E-state index in [4.69, 9.17) is 41.4 Å². The lowest BCUT2D eigenvalue weighted by Crippen LogP contribution is -2.53. The van der Waals surface area contributed by atoms with Crippen LogP contribution in [0.3, 0.4) is 0 Å². The zero-order chi connectivity index (χ0) is 46.1. The van der Waals surface area contributed by atoms with Crippen LogP contribution < -0.4 is 20.7 Å². The minimum atomic E-state index is -0.482. The van der Waals surface area contributed by atoms with E-state index in [-0.39, 0.29) is 49.8 Å². The Hall–Kier alpha value is -7.08. The lowest BCUT2D eigenvalue weighted by Gasteiger charge is -2.27. The lowest BCUT2D eigenvalue weighted by molar-refractivity contribution is -0.130. The first-order chi connectivity index (χ1) is 30.3. The van der Waals surface area contributed by atoms with Crippen molar-refractivity contribution in [2.75, 3.05) is 26.7 Å². The van der Waals surface area contributed by atoms with Gasteiger partial charge in [-0.1, -0.05) is 85.0 Å². The van der Waals surface area contributed by atoms with Crippen molar-refractivity contribution in [1.82, 2.24) is 35.6 Å². The summed E-state index contributed by atoms with van der Waals surface area (Å²) in [6.45, 7) is 8.66. The maximum absolute atomic E-state index is 12.2. The second kappa shape index (κ2) is 23.8. The van der Waals surface area contributed by atoms with Crippen LogP contribution in [0.2, 0.25) is 0 Å². The molecule has 3 aliphatic heterocycles. The van der Waals surface area contributed by atoms with E-state index in [1.807, 2.05) is 80.6 Å². The van der Waals surface area contributed by atoms with E-state index in [0.717, 1.165) is 22.3 Å². The molecule has 6 amide bonds. The number of carbonyl (C=O) groups is 6. The fraction of sp³-hybridized carbons (Fsp3) is 0.174. The molecule has 14 nitrogen and oxygen atoms in total. The quantitative estimate of drug-likeness (QED) is 0.136. The molecule has 3 aliphatic rings. The average molecular weight is 904 g/mol. The van der Waals surface area contributed by atoms with Gasteiger partial charge in [-0.25, -0.2) is 0 Å². The Bertz CT molecular complexity index is 2490. The first kappa shape index (κ1) is 48.6. The number of nitrogens with one attached hydrogen (secondary N) is 3. The van der Waals surface area contributed by atoms with Gasteiger partial charge in [0, 0.05) is 37.6 Å². The summed E-state index contributed by atoms with van der Waals surface area (Å²) in [5.41, 5.74) is 4.13. The average Bonchev–Trinajstić information content (AvgIpc) is 3.26. The number of rotatable bonds is 10. The summed E-state index contributed by atoms with van der Waals surface area (Å²) in [4.78, 5) is 79.9. The third-order valence-electron chi connectivity index (χ3n) is 9.15. The zero-order valence-electron chi connectivity index (χ0n) is 35.1. The first-order valence-corrected chi connectivity index (χ1v) is 20.7. The number of aryl methyl sites for hydroxylation is 1. The monoisotopic (exact) mass is 903 g/mol. The van der Waals surface area contributed by atoms with Gasteiger partial charge < -0.3 is 4.74 Å². The van der Waals surface area contributed by atoms with Gasteiger partial charge >= 0.3 is 0 Å². The zero-order valence-corrected chi connectivity index (χ0v) is 37.6. The van der Waals surface area contributed by atoms with Crippen molar-refractivity contribution in [2.24, 2.45) is 0 Å². The molecule has 3 saturated heterocycles. The molecule has 1 aromatic heterocycles. The maximum atomic E-state index is 12.2. The fourth-order valence-corrected chi connectivity index (χ4v) is 6.72. The van der Waals surface area contributed by atoms with Gasteiger partial charge in [0.05, 0.1) is 7.11 Å². The number of pyridine rings is 1. The Kier molecular flexibility index (Phi) is 18.3. The van der Waals surface area contributed by atoms with Crippen molar-refractivity contribution >= 4 is 106 Å². The van der Waals surface area contributed by atoms with Gasteiger partial charge in [-0.2, -0.15) is 0 Å². The van der Waals surface area contributed by atoms with Crippen LogP contribution in [-0.2, 0) is 28.8 Å². The number of hydrogen-bond donors (Lipinski definition) is 3. The molecule has 3 N–H and O–H groups in total. The molecule has 2 aromatic carbocycles. The number of amides is 6. The molecule has 63 heavy (non-hydrogen) atoms. The number of carbonyl (C=O) groups excluding carboxylic acids is 6. The number of allylic oxidation sites excluding steroid dienone is 6. The molecule has 324 valence electrons. The topological polar surface area (TPSA) is 170 Å². The predicted octanol–water partition coefficient (Wildman–Crippen LogP) is 5.38. The van der Waals surface area contributed by atoms with Crippen molar-refractivity contribution in [2.45, 2.75) is 27.7 Å². The molecule has 0 unspecified atom stereocenters. The molecule has 4 heterocycles. The first-order valence-electron chi connectivity index (χ1n) is 19.5. The molecule has 0 bridgehead atoms. The minimum absolute atomic E-state index is 0.0570. The van der Waals surface area contributed by atoms with Crippen molar-refractivity contribution < 1.29 is 33.5 Å². The highest BCUT2D eigenvalue weighted by Crippen LogP contribution is 2.19. The molecular weight excluding hydrogens is 859 g/mol. The summed E-state index contributed by atoms with van der Waals surface area (Å²) in [5.74, 6) is -1.82. The fourth-order valence-electron chi connectivity index (χ4n) is 5.81. The number of benzene rings is 2. The third-order valence-corrected chi connectivity index (χ3v) is 10.1. The molecule has 17 heteroatoms. The molecule has 0 radical (unpaired) electrons. The molecule has 3 fully saturated rings. The van der Waals surface area contributed by atoms with Crippen LogP contribution in [0.1, 0.15) is 43.0 Å². The van der Waals surface area contributed by atoms with Gasteiger partial charge in [-0.3, -0.25) is 64.4 Å². The van der Waals surface area contributed by atoms with Crippen molar-refractivity contribution in [3.63, 3.8) is 0 Å². The van der Waals surface area contributed by atoms with Gasteiger partial charge in [0.25, 0.3) is 35.4 Å². The maximum Gasteiger partial charge on any atom is 0.265 e. The van der Waals surface area contributed by atoms with Gasteiger partial charge in [0.15, 0.2) is 15.3 Å². The van der Waals surface area contributed by atoms with Crippen LogP contribution in [0.25, 0.3) is 18.2 Å². The Balaban J connectivity index is 0.000000208. The Morgan fingerprint density at radius 3 is 1.40 bits per heavy atom. The summed E-state index contributed by atoms with van der Waals surface area (Å²) in [5, 5.41) is 7.96.